The van der Waals surface area contributed by atoms with Gasteiger partial charge < -0.3 is 9.64 Å². The number of hydrogen-bond donors (Lipinski definition) is 1. The Kier molecular flexibility index (Phi) is 3.80. The van der Waals surface area contributed by atoms with Gasteiger partial charge in [0.1, 0.15) is 0 Å². The van der Waals surface area contributed by atoms with Gasteiger partial charge in [-0.1, -0.05) is 0 Å². The van der Waals surface area contributed by atoms with Gasteiger partial charge in [0.05, 0.1) is 18.2 Å². The van der Waals surface area contributed by atoms with Gasteiger partial charge in [0, 0.05) is 25.4 Å². The quantitative estimate of drug-likeness (QED) is 0.884. The minimum Gasteiger partial charge on any atom is -0.477 e. The first-order valence-corrected chi connectivity index (χ1v) is 9.67. The van der Waals surface area contributed by atoms with Crippen molar-refractivity contribution in [2.24, 2.45) is 18.9 Å². The number of ether oxygens (including phenoxy) is 1. The number of H-pyrrole nitrogens is 1. The van der Waals surface area contributed by atoms with Gasteiger partial charge in [0.2, 0.25) is 5.88 Å². The van der Waals surface area contributed by atoms with E-state index in [-0.39, 0.29) is 17.6 Å². The average Bonchev–Trinajstić information content (AvgIpc) is 3.37. The molecule has 142 valence electrons. The number of carbonyl (C=O) groups excluding carboxylic acids is 1. The molecule has 2 aliphatic heterocycles. The molecule has 4 heterocycles. The molecular weight excluding hydrogens is 346 g/mol. The summed E-state index contributed by atoms with van der Waals surface area (Å²) in [6.07, 6.45) is 6.77. The molecule has 1 aliphatic carbocycles. The number of aromatic nitrogens is 4. The van der Waals surface area contributed by atoms with E-state index in [1.165, 1.54) is 17.4 Å². The normalized spacial score (nSPS) is 24.6. The van der Waals surface area contributed by atoms with Crippen molar-refractivity contribution in [3.8, 4) is 5.88 Å². The minimum absolute atomic E-state index is 0.0422. The van der Waals surface area contributed by atoms with E-state index in [1.54, 1.807) is 13.2 Å². The molecule has 1 saturated carbocycles. The van der Waals surface area contributed by atoms with E-state index in [2.05, 4.69) is 15.2 Å². The fraction of sp³-hybridized carbons (Fsp3) is 0.579. The Bertz CT molecular complexity index is 945. The van der Waals surface area contributed by atoms with E-state index in [9.17, 15) is 9.59 Å². The van der Waals surface area contributed by atoms with Gasteiger partial charge in [0.15, 0.2) is 5.82 Å². The summed E-state index contributed by atoms with van der Waals surface area (Å²) in [6, 6.07) is 1.75. The van der Waals surface area contributed by atoms with Crippen molar-refractivity contribution in [2.75, 3.05) is 13.2 Å². The molecule has 2 atom stereocenters. The highest BCUT2D eigenvalue weighted by Crippen LogP contribution is 2.50. The van der Waals surface area contributed by atoms with Crippen LogP contribution in [-0.2, 0) is 13.5 Å². The van der Waals surface area contributed by atoms with Crippen LogP contribution in [-0.4, -0.2) is 43.7 Å². The van der Waals surface area contributed by atoms with E-state index in [1.807, 2.05) is 11.0 Å². The molecule has 8 nitrogen and oxygen atoms in total. The predicted octanol–water partition coefficient (Wildman–Crippen LogP) is 1.44. The predicted molar refractivity (Wildman–Crippen MR) is 96.5 cm³/mol. The van der Waals surface area contributed by atoms with Crippen LogP contribution in [0.1, 0.15) is 53.5 Å². The molecule has 2 fully saturated rings. The summed E-state index contributed by atoms with van der Waals surface area (Å²) in [6.45, 7) is 1.36. The lowest BCUT2D eigenvalue weighted by Gasteiger charge is -2.28. The van der Waals surface area contributed by atoms with Crippen LogP contribution in [0.4, 0.5) is 0 Å². The number of fused-ring (bicyclic) bond motifs is 1. The maximum absolute atomic E-state index is 13.3. The molecular formula is C19H23N5O3. The number of nitrogens with zero attached hydrogens (tertiary/aromatic N) is 4. The molecule has 8 heteroatoms. The summed E-state index contributed by atoms with van der Waals surface area (Å²) in [7, 11) is 1.71. The summed E-state index contributed by atoms with van der Waals surface area (Å²) in [5, 5.41) is 6.77. The van der Waals surface area contributed by atoms with Crippen molar-refractivity contribution in [1.29, 1.82) is 0 Å². The van der Waals surface area contributed by atoms with Crippen LogP contribution in [0.15, 0.2) is 17.1 Å². The van der Waals surface area contributed by atoms with Crippen molar-refractivity contribution in [2.45, 2.75) is 38.1 Å². The Morgan fingerprint density at radius 1 is 1.33 bits per heavy atom. The molecule has 1 amide bonds. The number of amides is 1. The van der Waals surface area contributed by atoms with Crippen LogP contribution in [0.2, 0.25) is 0 Å². The van der Waals surface area contributed by atoms with E-state index in [0.717, 1.165) is 24.8 Å². The number of carbonyl (C=O) groups is 1. The highest BCUT2D eigenvalue weighted by atomic mass is 16.5. The zero-order valence-electron chi connectivity index (χ0n) is 15.4. The summed E-state index contributed by atoms with van der Waals surface area (Å²) in [5.41, 5.74) is 1.33. The molecule has 3 aliphatic rings. The van der Waals surface area contributed by atoms with Crippen LogP contribution in [0, 0.1) is 11.8 Å². The fourth-order valence-corrected chi connectivity index (χ4v) is 4.54. The second-order valence-corrected chi connectivity index (χ2v) is 7.82. The van der Waals surface area contributed by atoms with Crippen molar-refractivity contribution in [3.05, 3.63) is 39.7 Å². The Morgan fingerprint density at radius 3 is 2.93 bits per heavy atom. The zero-order chi connectivity index (χ0) is 18.5. The molecule has 5 rings (SSSR count). The molecule has 0 radical (unpaired) electrons. The summed E-state index contributed by atoms with van der Waals surface area (Å²) >= 11 is 0. The third-order valence-electron chi connectivity index (χ3n) is 6.11. The average molecular weight is 369 g/mol. The van der Waals surface area contributed by atoms with Gasteiger partial charge in [-0.25, -0.2) is 14.9 Å². The lowest BCUT2D eigenvalue weighted by atomic mass is 9.94. The number of aryl methyl sites for hydroxylation is 1. The number of likely N-dealkylation sites (tertiary alicyclic amines) is 1. The van der Waals surface area contributed by atoms with E-state index >= 15 is 0 Å². The second kappa shape index (κ2) is 6.21. The molecule has 2 aromatic rings. The topological polar surface area (TPSA) is 93.1 Å². The summed E-state index contributed by atoms with van der Waals surface area (Å²) < 4.78 is 7.09. The Morgan fingerprint density at radius 2 is 2.19 bits per heavy atom. The Labute approximate surface area is 156 Å². The summed E-state index contributed by atoms with van der Waals surface area (Å²) in [5.74, 6) is 2.23. The number of nitrogens with one attached hydrogen (secondary N) is 1. The van der Waals surface area contributed by atoms with Gasteiger partial charge >= 0.3 is 5.69 Å². The maximum Gasteiger partial charge on any atom is 0.343 e. The van der Waals surface area contributed by atoms with Crippen LogP contribution in [0.25, 0.3) is 0 Å². The van der Waals surface area contributed by atoms with Crippen LogP contribution < -0.4 is 10.4 Å². The lowest BCUT2D eigenvalue weighted by molar-refractivity contribution is 0.0701. The number of pyridine rings is 1. The molecule has 2 aromatic heterocycles. The minimum atomic E-state index is -0.244. The SMILES string of the molecule is Cn1c(C2C(C3CC3)CCN2C(=O)c2cnc3c(c2)CCCO3)n[nH]c1=O. The van der Waals surface area contributed by atoms with Gasteiger partial charge in [-0.2, -0.15) is 5.10 Å². The Hall–Kier alpha value is -2.64. The van der Waals surface area contributed by atoms with Crippen molar-refractivity contribution in [1.82, 2.24) is 24.6 Å². The first-order valence-electron chi connectivity index (χ1n) is 9.67. The molecule has 1 saturated heterocycles. The van der Waals surface area contributed by atoms with Crippen molar-refractivity contribution >= 4 is 5.91 Å². The highest BCUT2D eigenvalue weighted by molar-refractivity contribution is 5.94. The van der Waals surface area contributed by atoms with Crippen LogP contribution >= 0.6 is 0 Å². The molecule has 1 N–H and O–H groups in total. The standard InChI is InChI=1S/C19H23N5O3/c1-23-16(21-22-19(23)26)15-14(11-4-5-11)6-7-24(15)18(25)13-9-12-3-2-8-27-17(12)20-10-13/h9-11,14-15H,2-8H2,1H3,(H,22,26). The molecule has 2 unspecified atom stereocenters. The van der Waals surface area contributed by atoms with E-state index in [4.69, 9.17) is 4.74 Å². The van der Waals surface area contributed by atoms with Gasteiger partial charge in [-0.3, -0.25) is 9.36 Å². The van der Waals surface area contributed by atoms with Gasteiger partial charge in [-0.05, 0) is 50.0 Å². The zero-order valence-corrected chi connectivity index (χ0v) is 15.4. The maximum atomic E-state index is 13.3. The molecule has 0 aromatic carbocycles. The summed E-state index contributed by atoms with van der Waals surface area (Å²) in [4.78, 5) is 31.5. The lowest BCUT2D eigenvalue weighted by Crippen LogP contribution is -2.35. The number of hydrogen-bond acceptors (Lipinski definition) is 5. The molecule has 27 heavy (non-hydrogen) atoms. The van der Waals surface area contributed by atoms with Crippen LogP contribution in [0.5, 0.6) is 5.88 Å². The second-order valence-electron chi connectivity index (χ2n) is 7.82. The largest absolute Gasteiger partial charge is 0.477 e. The monoisotopic (exact) mass is 369 g/mol. The molecule has 0 bridgehead atoms. The van der Waals surface area contributed by atoms with Crippen molar-refractivity contribution in [3.63, 3.8) is 0 Å². The third kappa shape index (κ3) is 2.74. The number of aromatic amines is 1. The Balaban J connectivity index is 1.49. The first-order chi connectivity index (χ1) is 13.1. The van der Waals surface area contributed by atoms with E-state index < -0.39 is 0 Å². The fourth-order valence-electron chi connectivity index (χ4n) is 4.54. The highest BCUT2D eigenvalue weighted by Gasteiger charge is 2.47. The van der Waals surface area contributed by atoms with Crippen LogP contribution in [0.3, 0.4) is 0 Å². The van der Waals surface area contributed by atoms with Gasteiger partial charge in [-0.15, -0.1) is 0 Å². The first kappa shape index (κ1) is 16.5. The molecule has 0 spiro atoms. The van der Waals surface area contributed by atoms with E-state index in [0.29, 0.717) is 42.3 Å². The number of rotatable bonds is 3. The smallest absolute Gasteiger partial charge is 0.343 e. The van der Waals surface area contributed by atoms with Gasteiger partial charge in [0.25, 0.3) is 5.91 Å². The van der Waals surface area contributed by atoms with Crippen molar-refractivity contribution < 1.29 is 9.53 Å². The third-order valence-corrected chi connectivity index (χ3v) is 6.11.